The van der Waals surface area contributed by atoms with Crippen molar-refractivity contribution >= 4 is 46.5 Å². The molecule has 13 heteroatoms. The molecule has 4 rings (SSSR count). The number of nitrogens with one attached hydrogen (secondary N) is 4. The van der Waals surface area contributed by atoms with Crippen molar-refractivity contribution < 1.29 is 14.7 Å². The largest absolute Gasteiger partial charge is 0.481 e. The van der Waals surface area contributed by atoms with E-state index in [0.29, 0.717) is 62.8 Å². The Hall–Kier alpha value is -3.84. The summed E-state index contributed by atoms with van der Waals surface area (Å²) in [4.78, 5) is 39.6. The standard InChI is InChI=1S/C33H52N10O3/c34-42-27(24-38-33-40-29-12-5-4-11-28(29)32(41-33)39-26-15-19-35-20-16-26)23-36-17-7-21-43(30(44)13-6-14-31(45)46)22-8-18-37-25-9-2-1-3-10-25/h4-5,11-12,23,25-26,35,37H,1-3,6-10,13-22,24,34H2,(H,45,46)(H2,38,39,40,41). The molecule has 0 spiro atoms. The number of anilines is 2. The Kier molecular flexibility index (Phi) is 14.9. The predicted octanol–water partition coefficient (Wildman–Crippen LogP) is 3.38. The lowest BCUT2D eigenvalue weighted by atomic mass is 9.95. The number of piperidine rings is 1. The van der Waals surface area contributed by atoms with E-state index in [0.717, 1.165) is 55.6 Å². The van der Waals surface area contributed by atoms with Crippen molar-refractivity contribution in [1.29, 1.82) is 0 Å². The number of hydrogen-bond donors (Lipinski definition) is 6. The molecule has 0 bridgehead atoms. The fraction of sp³-hybridized carbons (Fsp3) is 0.636. The topological polar surface area (TPSA) is 182 Å². The molecule has 0 radical (unpaired) electrons. The molecule has 1 aliphatic heterocycles. The van der Waals surface area contributed by atoms with Crippen molar-refractivity contribution in [3.63, 3.8) is 0 Å². The van der Waals surface area contributed by atoms with E-state index in [4.69, 9.17) is 15.9 Å². The van der Waals surface area contributed by atoms with Crippen LogP contribution in [0, 0.1) is 0 Å². The number of para-hydroxylation sites is 1. The summed E-state index contributed by atoms with van der Waals surface area (Å²) in [7, 11) is 0. The number of aliphatic carboxylic acids is 1. The van der Waals surface area contributed by atoms with Gasteiger partial charge in [0.1, 0.15) is 5.82 Å². The van der Waals surface area contributed by atoms with Gasteiger partial charge in [0.05, 0.1) is 17.8 Å². The van der Waals surface area contributed by atoms with Crippen LogP contribution in [0.2, 0.25) is 0 Å². The highest BCUT2D eigenvalue weighted by atomic mass is 16.4. The van der Waals surface area contributed by atoms with Crippen LogP contribution in [0.1, 0.15) is 77.0 Å². The number of carboxylic acid groups (broad SMARTS) is 1. The number of fused-ring (bicyclic) bond motifs is 1. The van der Waals surface area contributed by atoms with E-state index in [1.54, 1.807) is 6.21 Å². The molecule has 1 amide bonds. The van der Waals surface area contributed by atoms with Crippen molar-refractivity contribution in [2.45, 2.75) is 89.1 Å². The fourth-order valence-electron chi connectivity index (χ4n) is 6.04. The lowest BCUT2D eigenvalue weighted by Crippen LogP contribution is -2.37. The first-order valence-corrected chi connectivity index (χ1v) is 17.0. The minimum Gasteiger partial charge on any atom is -0.481 e. The van der Waals surface area contributed by atoms with Gasteiger partial charge in [-0.15, -0.1) is 0 Å². The maximum Gasteiger partial charge on any atom is 0.303 e. The molecule has 13 nitrogen and oxygen atoms in total. The number of carboxylic acids is 1. The molecule has 2 aliphatic rings. The summed E-state index contributed by atoms with van der Waals surface area (Å²) in [5.74, 6) is 6.09. The third-order valence-electron chi connectivity index (χ3n) is 8.61. The Bertz CT molecular complexity index is 1290. The molecule has 1 saturated heterocycles. The summed E-state index contributed by atoms with van der Waals surface area (Å²) in [5.41, 5.74) is 1.41. The first-order chi connectivity index (χ1) is 22.5. The number of nitrogens with zero attached hydrogens (tertiary/aromatic N) is 5. The van der Waals surface area contributed by atoms with Gasteiger partial charge in [-0.2, -0.15) is 10.1 Å². The Morgan fingerprint density at radius 2 is 1.78 bits per heavy atom. The van der Waals surface area contributed by atoms with Crippen LogP contribution in [0.4, 0.5) is 11.8 Å². The molecular formula is C33H52N10O3. The molecule has 2 fully saturated rings. The number of hydrazone groups is 1. The second-order valence-corrected chi connectivity index (χ2v) is 12.2. The van der Waals surface area contributed by atoms with Crippen LogP contribution < -0.4 is 27.1 Å². The second kappa shape index (κ2) is 19.6. The van der Waals surface area contributed by atoms with Crippen LogP contribution >= 0.6 is 0 Å². The molecular weight excluding hydrogens is 584 g/mol. The molecule has 7 N–H and O–H groups in total. The number of carbonyl (C=O) groups is 2. The quantitative estimate of drug-likeness (QED) is 0.0579. The Balaban J connectivity index is 1.24. The van der Waals surface area contributed by atoms with E-state index in [9.17, 15) is 9.59 Å². The van der Waals surface area contributed by atoms with Gasteiger partial charge >= 0.3 is 5.97 Å². The van der Waals surface area contributed by atoms with Crippen LogP contribution in [0.5, 0.6) is 0 Å². The van der Waals surface area contributed by atoms with Gasteiger partial charge in [-0.1, -0.05) is 31.4 Å². The zero-order chi connectivity index (χ0) is 32.4. The summed E-state index contributed by atoms with van der Waals surface area (Å²) in [5, 5.41) is 27.7. The number of carbonyl (C=O) groups excluding carboxylic acids is 1. The van der Waals surface area contributed by atoms with Crippen molar-refractivity contribution in [3.05, 3.63) is 24.3 Å². The van der Waals surface area contributed by atoms with E-state index in [1.165, 1.54) is 32.1 Å². The van der Waals surface area contributed by atoms with Crippen LogP contribution in [-0.2, 0) is 9.59 Å². The van der Waals surface area contributed by atoms with Gasteiger partial charge in [0.2, 0.25) is 11.9 Å². The highest BCUT2D eigenvalue weighted by Gasteiger charge is 2.17. The first kappa shape index (κ1) is 35.0. The number of aromatic nitrogens is 2. The number of aliphatic imine (C=N–C) groups is 1. The minimum atomic E-state index is -0.876. The summed E-state index contributed by atoms with van der Waals surface area (Å²) >= 11 is 0. The molecule has 46 heavy (non-hydrogen) atoms. The van der Waals surface area contributed by atoms with Crippen LogP contribution in [0.3, 0.4) is 0 Å². The second-order valence-electron chi connectivity index (χ2n) is 12.2. The summed E-state index contributed by atoms with van der Waals surface area (Å²) < 4.78 is 0. The molecule has 1 aromatic carbocycles. The number of amides is 1. The van der Waals surface area contributed by atoms with E-state index in [2.05, 4.69) is 36.3 Å². The van der Waals surface area contributed by atoms with E-state index >= 15 is 0 Å². The van der Waals surface area contributed by atoms with Crippen molar-refractivity contribution in [1.82, 2.24) is 25.5 Å². The summed E-state index contributed by atoms with van der Waals surface area (Å²) in [6.45, 7) is 4.89. The lowest BCUT2D eigenvalue weighted by Gasteiger charge is -2.25. The number of rotatable bonds is 19. The van der Waals surface area contributed by atoms with Gasteiger partial charge in [0, 0.05) is 56.2 Å². The first-order valence-electron chi connectivity index (χ1n) is 17.0. The maximum absolute atomic E-state index is 12.9. The monoisotopic (exact) mass is 636 g/mol. The third kappa shape index (κ3) is 12.2. The van der Waals surface area contributed by atoms with E-state index in [-0.39, 0.29) is 18.7 Å². The summed E-state index contributed by atoms with van der Waals surface area (Å²) in [6.07, 6.45) is 12.2. The maximum atomic E-state index is 12.9. The van der Waals surface area contributed by atoms with E-state index < -0.39 is 5.97 Å². The van der Waals surface area contributed by atoms with Gasteiger partial charge in [0.15, 0.2) is 0 Å². The minimum absolute atomic E-state index is 0.000651. The fourth-order valence-corrected chi connectivity index (χ4v) is 6.04. The highest BCUT2D eigenvalue weighted by molar-refractivity contribution is 6.32. The molecule has 0 atom stereocenters. The number of hydrogen-bond acceptors (Lipinski definition) is 11. The SMILES string of the molecule is NN=C(C=NCCCN(CCCNC1CCCCC1)C(=O)CCCC(=O)O)CNc1nc(NC2CCNCC2)c2ccccc2n1. The average molecular weight is 637 g/mol. The van der Waals surface area contributed by atoms with Crippen LogP contribution in [0.25, 0.3) is 10.9 Å². The molecule has 2 heterocycles. The van der Waals surface area contributed by atoms with Gasteiger partial charge < -0.3 is 37.1 Å². The average Bonchev–Trinajstić information content (AvgIpc) is 3.07. The highest BCUT2D eigenvalue weighted by Crippen LogP contribution is 2.24. The van der Waals surface area contributed by atoms with Gasteiger partial charge in [-0.3, -0.25) is 14.6 Å². The number of benzene rings is 1. The van der Waals surface area contributed by atoms with E-state index in [1.807, 2.05) is 29.2 Å². The molecule has 0 unspecified atom stereocenters. The molecule has 1 aromatic heterocycles. The van der Waals surface area contributed by atoms with Crippen molar-refractivity contribution in [3.8, 4) is 0 Å². The smallest absolute Gasteiger partial charge is 0.303 e. The Morgan fingerprint density at radius 1 is 1.00 bits per heavy atom. The summed E-state index contributed by atoms with van der Waals surface area (Å²) in [6, 6.07) is 8.90. The molecule has 2 aromatic rings. The molecule has 252 valence electrons. The van der Waals surface area contributed by atoms with Crippen LogP contribution in [-0.4, -0.2) is 102 Å². The van der Waals surface area contributed by atoms with Gasteiger partial charge in [-0.05, 0) is 76.7 Å². The lowest BCUT2D eigenvalue weighted by molar-refractivity contribution is -0.137. The normalized spacial score (nSPS) is 16.6. The Labute approximate surface area is 272 Å². The Morgan fingerprint density at radius 3 is 2.57 bits per heavy atom. The molecule has 1 saturated carbocycles. The van der Waals surface area contributed by atoms with Gasteiger partial charge in [-0.25, -0.2) is 4.98 Å². The third-order valence-corrected chi connectivity index (χ3v) is 8.61. The van der Waals surface area contributed by atoms with Crippen LogP contribution in [0.15, 0.2) is 34.4 Å². The zero-order valence-corrected chi connectivity index (χ0v) is 27.1. The number of nitrogens with two attached hydrogens (primary N) is 1. The molecule has 1 aliphatic carbocycles. The predicted molar refractivity (Wildman–Crippen MR) is 185 cm³/mol. The van der Waals surface area contributed by atoms with Gasteiger partial charge in [0.25, 0.3) is 0 Å². The van der Waals surface area contributed by atoms with Crippen molar-refractivity contribution in [2.24, 2.45) is 15.9 Å². The zero-order valence-electron chi connectivity index (χ0n) is 27.1. The van der Waals surface area contributed by atoms with Crippen molar-refractivity contribution in [2.75, 3.05) is 56.4 Å².